The minimum absolute atomic E-state index is 0.183. The summed E-state index contributed by atoms with van der Waals surface area (Å²) in [5, 5.41) is 4.39. The first-order valence-corrected chi connectivity index (χ1v) is 14.3. The number of barbiturate groups is 1. The van der Waals surface area contributed by atoms with Crippen LogP contribution in [0.5, 0.6) is 11.5 Å². The summed E-state index contributed by atoms with van der Waals surface area (Å²) in [6, 6.07) is 22.3. The zero-order valence-corrected chi connectivity index (χ0v) is 25.0. The molecule has 0 saturated carbocycles. The van der Waals surface area contributed by atoms with E-state index in [-0.39, 0.29) is 30.0 Å². The van der Waals surface area contributed by atoms with Gasteiger partial charge in [-0.05, 0) is 94.2 Å². The van der Waals surface area contributed by atoms with Crippen LogP contribution in [-0.2, 0) is 20.9 Å². The molecule has 1 aliphatic rings. The lowest BCUT2D eigenvalue weighted by Gasteiger charge is -2.26. The van der Waals surface area contributed by atoms with Crippen molar-refractivity contribution >= 4 is 62.3 Å². The second-order valence-electron chi connectivity index (χ2n) is 9.42. The predicted molar refractivity (Wildman–Crippen MR) is 165 cm³/mol. The molecule has 10 heteroatoms. The molecule has 4 amide bonds. The number of imide groups is 2. The highest BCUT2D eigenvalue weighted by Gasteiger charge is 2.37. The normalized spacial score (nSPS) is 14.2. The highest BCUT2D eigenvalue weighted by atomic mass is 79.9. The van der Waals surface area contributed by atoms with Gasteiger partial charge in [-0.1, -0.05) is 42.5 Å². The second-order valence-corrected chi connectivity index (χ2v) is 10.3. The summed E-state index contributed by atoms with van der Waals surface area (Å²) >= 11 is 3.55. The van der Waals surface area contributed by atoms with Crippen molar-refractivity contribution in [1.29, 1.82) is 0 Å². The van der Waals surface area contributed by atoms with Crippen LogP contribution in [0.25, 0.3) is 16.8 Å². The molecule has 1 aliphatic heterocycles. The van der Waals surface area contributed by atoms with E-state index >= 15 is 0 Å². The Labute approximate surface area is 256 Å². The highest BCUT2D eigenvalue weighted by Crippen LogP contribution is 2.38. The van der Waals surface area contributed by atoms with Crippen LogP contribution < -0.4 is 19.7 Å². The minimum atomic E-state index is -0.899. The number of nitrogens with one attached hydrogen (secondary N) is 1. The molecular formula is C33H27BrN2O7. The van der Waals surface area contributed by atoms with Gasteiger partial charge in [-0.3, -0.25) is 14.9 Å². The van der Waals surface area contributed by atoms with Crippen LogP contribution in [0, 0.1) is 0 Å². The Morgan fingerprint density at radius 1 is 0.907 bits per heavy atom. The lowest BCUT2D eigenvalue weighted by Crippen LogP contribution is -2.54. The summed E-state index contributed by atoms with van der Waals surface area (Å²) < 4.78 is 17.6. The maximum Gasteiger partial charge on any atom is 0.338 e. The molecule has 0 aromatic heterocycles. The summed E-state index contributed by atoms with van der Waals surface area (Å²) in [5.41, 5.74) is 1.66. The molecule has 4 aromatic rings. The smallest absolute Gasteiger partial charge is 0.338 e. The third kappa shape index (κ3) is 6.29. The number of carbonyl (C=O) groups is 4. The van der Waals surface area contributed by atoms with E-state index in [0.29, 0.717) is 28.1 Å². The molecule has 218 valence electrons. The molecule has 0 spiro atoms. The number of rotatable bonds is 9. The number of halogens is 1. The third-order valence-corrected chi connectivity index (χ3v) is 7.22. The zero-order chi connectivity index (χ0) is 30.5. The van der Waals surface area contributed by atoms with E-state index in [0.717, 1.165) is 21.2 Å². The van der Waals surface area contributed by atoms with Crippen LogP contribution in [0.1, 0.15) is 35.3 Å². The molecule has 1 N–H and O–H groups in total. The Hall–Kier alpha value is -4.96. The number of esters is 1. The fourth-order valence-electron chi connectivity index (χ4n) is 4.66. The third-order valence-electron chi connectivity index (χ3n) is 6.63. The lowest BCUT2D eigenvalue weighted by molar-refractivity contribution is -0.122. The van der Waals surface area contributed by atoms with Crippen LogP contribution in [0.4, 0.5) is 10.5 Å². The predicted octanol–water partition coefficient (Wildman–Crippen LogP) is 6.42. The summed E-state index contributed by atoms with van der Waals surface area (Å²) in [5.74, 6) is -1.30. The topological polar surface area (TPSA) is 111 Å². The maximum absolute atomic E-state index is 13.4. The van der Waals surface area contributed by atoms with Crippen molar-refractivity contribution in [3.63, 3.8) is 0 Å². The summed E-state index contributed by atoms with van der Waals surface area (Å²) in [7, 11) is 0. The fraction of sp³-hybridized carbons (Fsp3) is 0.152. The quantitative estimate of drug-likeness (QED) is 0.127. The summed E-state index contributed by atoms with van der Waals surface area (Å²) in [4.78, 5) is 51.7. The van der Waals surface area contributed by atoms with E-state index < -0.39 is 23.8 Å². The van der Waals surface area contributed by atoms with Gasteiger partial charge in [0.05, 0.1) is 28.9 Å². The molecule has 1 fully saturated rings. The van der Waals surface area contributed by atoms with E-state index in [1.54, 1.807) is 19.1 Å². The number of ether oxygens (including phenoxy) is 3. The van der Waals surface area contributed by atoms with E-state index in [1.165, 1.54) is 30.3 Å². The Balaban J connectivity index is 1.43. The highest BCUT2D eigenvalue weighted by molar-refractivity contribution is 9.10. The van der Waals surface area contributed by atoms with Crippen LogP contribution in [0.3, 0.4) is 0 Å². The molecule has 0 radical (unpaired) electrons. The van der Waals surface area contributed by atoms with Crippen molar-refractivity contribution in [3.05, 3.63) is 106 Å². The van der Waals surface area contributed by atoms with Gasteiger partial charge in [0, 0.05) is 0 Å². The average Bonchev–Trinajstić information content (AvgIpc) is 2.99. The molecule has 1 saturated heterocycles. The van der Waals surface area contributed by atoms with Gasteiger partial charge < -0.3 is 14.2 Å². The Morgan fingerprint density at radius 3 is 2.40 bits per heavy atom. The van der Waals surface area contributed by atoms with E-state index in [1.807, 2.05) is 49.4 Å². The lowest BCUT2D eigenvalue weighted by atomic mass is 10.1. The van der Waals surface area contributed by atoms with Gasteiger partial charge in [-0.2, -0.15) is 0 Å². The van der Waals surface area contributed by atoms with Crippen molar-refractivity contribution in [2.24, 2.45) is 0 Å². The molecule has 1 heterocycles. The number of benzene rings is 4. The number of amides is 4. The van der Waals surface area contributed by atoms with Crippen LogP contribution >= 0.6 is 15.9 Å². The number of hydrogen-bond acceptors (Lipinski definition) is 7. The molecule has 4 aromatic carbocycles. The number of urea groups is 1. The van der Waals surface area contributed by atoms with Crippen molar-refractivity contribution in [2.45, 2.75) is 20.5 Å². The first kappa shape index (κ1) is 29.5. The Kier molecular flexibility index (Phi) is 8.87. The standard InChI is InChI=1S/C33H27BrN2O7/c1-3-41-28-18-20(17-27(34)29(28)43-19-23-10-7-9-21-8-5-6-11-25(21)23)16-26-30(37)35-33(40)36(31(26)38)24-14-12-22(13-15-24)32(39)42-4-2/h5-18H,3-4,19H2,1-2H3,(H,35,37,40)/b26-16+. The summed E-state index contributed by atoms with van der Waals surface area (Å²) in [6.07, 6.45) is 1.38. The van der Waals surface area contributed by atoms with Crippen molar-refractivity contribution in [1.82, 2.24) is 5.32 Å². The molecular weight excluding hydrogens is 616 g/mol. The molecule has 43 heavy (non-hydrogen) atoms. The van der Waals surface area contributed by atoms with Crippen molar-refractivity contribution < 1.29 is 33.4 Å². The monoisotopic (exact) mass is 642 g/mol. The van der Waals surface area contributed by atoms with Crippen molar-refractivity contribution in [2.75, 3.05) is 18.1 Å². The first-order chi connectivity index (χ1) is 20.8. The van der Waals surface area contributed by atoms with Crippen LogP contribution in [0.15, 0.2) is 88.9 Å². The Morgan fingerprint density at radius 2 is 1.65 bits per heavy atom. The van der Waals surface area contributed by atoms with Gasteiger partial charge in [0.25, 0.3) is 11.8 Å². The van der Waals surface area contributed by atoms with Gasteiger partial charge in [0.1, 0.15) is 12.2 Å². The van der Waals surface area contributed by atoms with Gasteiger partial charge in [0.2, 0.25) is 0 Å². The van der Waals surface area contributed by atoms with Gasteiger partial charge in [-0.25, -0.2) is 14.5 Å². The van der Waals surface area contributed by atoms with Gasteiger partial charge in [0.15, 0.2) is 11.5 Å². The van der Waals surface area contributed by atoms with Crippen LogP contribution in [-0.4, -0.2) is 37.0 Å². The fourth-order valence-corrected chi connectivity index (χ4v) is 5.24. The van der Waals surface area contributed by atoms with Crippen molar-refractivity contribution in [3.8, 4) is 11.5 Å². The number of anilines is 1. The van der Waals surface area contributed by atoms with E-state index in [9.17, 15) is 19.2 Å². The molecule has 5 rings (SSSR count). The Bertz CT molecular complexity index is 1760. The summed E-state index contributed by atoms with van der Waals surface area (Å²) in [6.45, 7) is 4.37. The molecule has 0 bridgehead atoms. The van der Waals surface area contributed by atoms with Gasteiger partial charge in [-0.15, -0.1) is 0 Å². The zero-order valence-electron chi connectivity index (χ0n) is 23.4. The average molecular weight is 643 g/mol. The molecule has 0 unspecified atom stereocenters. The molecule has 9 nitrogen and oxygen atoms in total. The SMILES string of the molecule is CCOC(=O)c1ccc(N2C(=O)NC(=O)/C(=C\c3cc(Br)c(OCc4cccc5ccccc45)c(OCC)c3)C2=O)cc1. The van der Waals surface area contributed by atoms with Crippen LogP contribution in [0.2, 0.25) is 0 Å². The molecule has 0 atom stereocenters. The number of fused-ring (bicyclic) bond motifs is 1. The number of nitrogens with zero attached hydrogens (tertiary/aromatic N) is 1. The van der Waals surface area contributed by atoms with E-state index in [4.69, 9.17) is 14.2 Å². The first-order valence-electron chi connectivity index (χ1n) is 13.5. The number of hydrogen-bond donors (Lipinski definition) is 1. The van der Waals surface area contributed by atoms with E-state index in [2.05, 4.69) is 21.2 Å². The number of carbonyl (C=O) groups excluding carboxylic acids is 4. The van der Waals surface area contributed by atoms with Gasteiger partial charge >= 0.3 is 12.0 Å². The molecule has 0 aliphatic carbocycles. The maximum atomic E-state index is 13.4. The second kappa shape index (κ2) is 12.9. The largest absolute Gasteiger partial charge is 0.490 e. The minimum Gasteiger partial charge on any atom is -0.490 e.